The van der Waals surface area contributed by atoms with E-state index in [1.165, 1.54) is 6.92 Å². The first-order valence-corrected chi connectivity index (χ1v) is 10.1. The molecular formula is C19H36N4O7. The van der Waals surface area contributed by atoms with Crippen LogP contribution in [0.15, 0.2) is 0 Å². The Kier molecular flexibility index (Phi) is 12.2. The number of aliphatic hydroxyl groups is 2. The van der Waals surface area contributed by atoms with Crippen molar-refractivity contribution in [3.05, 3.63) is 0 Å². The lowest BCUT2D eigenvalue weighted by atomic mass is 9.97. The summed E-state index contributed by atoms with van der Waals surface area (Å²) in [5.41, 5.74) is 5.60. The fraction of sp³-hybridized carbons (Fsp3) is 0.789. The topological polar surface area (TPSA) is 191 Å². The molecule has 30 heavy (non-hydrogen) atoms. The van der Waals surface area contributed by atoms with Gasteiger partial charge in [0, 0.05) is 0 Å². The highest BCUT2D eigenvalue weighted by Gasteiger charge is 2.33. The van der Waals surface area contributed by atoms with Gasteiger partial charge in [0.25, 0.3) is 0 Å². The monoisotopic (exact) mass is 432 g/mol. The molecule has 0 saturated heterocycles. The molecule has 0 aromatic rings. The highest BCUT2D eigenvalue weighted by Crippen LogP contribution is 2.10. The number of amides is 3. The van der Waals surface area contributed by atoms with Crippen molar-refractivity contribution in [3.8, 4) is 0 Å². The second-order valence-corrected chi connectivity index (χ2v) is 7.59. The van der Waals surface area contributed by atoms with Crippen molar-refractivity contribution in [1.82, 2.24) is 16.0 Å². The molecule has 0 bridgehead atoms. The number of aliphatic hydroxyl groups excluding tert-OH is 2. The second kappa shape index (κ2) is 13.1. The number of carbonyl (C=O) groups excluding carboxylic acids is 3. The Labute approximate surface area is 176 Å². The van der Waals surface area contributed by atoms with Crippen LogP contribution in [0.4, 0.5) is 0 Å². The minimum Gasteiger partial charge on any atom is -0.480 e. The number of nitrogens with two attached hydrogens (primary N) is 1. The molecule has 0 aromatic carbocycles. The Morgan fingerprint density at radius 1 is 0.833 bits per heavy atom. The molecule has 174 valence electrons. The summed E-state index contributed by atoms with van der Waals surface area (Å²) in [5, 5.41) is 35.5. The number of rotatable bonds is 13. The fourth-order valence-corrected chi connectivity index (χ4v) is 2.56. The summed E-state index contributed by atoms with van der Waals surface area (Å²) in [6.45, 7) is 7.51. The van der Waals surface area contributed by atoms with Crippen LogP contribution < -0.4 is 21.7 Å². The third-order valence-electron chi connectivity index (χ3n) is 5.21. The molecule has 0 rings (SSSR count). The van der Waals surface area contributed by atoms with Crippen LogP contribution in [0.3, 0.4) is 0 Å². The van der Waals surface area contributed by atoms with E-state index in [4.69, 9.17) is 5.73 Å². The number of aliphatic carboxylic acids is 1. The van der Waals surface area contributed by atoms with E-state index in [-0.39, 0.29) is 11.8 Å². The highest BCUT2D eigenvalue weighted by atomic mass is 16.4. The van der Waals surface area contributed by atoms with Crippen molar-refractivity contribution < 1.29 is 34.5 Å². The first kappa shape index (κ1) is 27.8. The van der Waals surface area contributed by atoms with Crippen LogP contribution in [0.1, 0.15) is 47.5 Å². The van der Waals surface area contributed by atoms with E-state index in [2.05, 4.69) is 16.0 Å². The van der Waals surface area contributed by atoms with Gasteiger partial charge in [0.05, 0.1) is 12.7 Å². The second-order valence-electron chi connectivity index (χ2n) is 7.59. The Hall–Kier alpha value is -2.24. The lowest BCUT2D eigenvalue weighted by molar-refractivity contribution is -0.144. The van der Waals surface area contributed by atoms with Crippen LogP contribution in [-0.4, -0.2) is 75.9 Å². The standard InChI is InChI=1S/C19H36N4O7/c1-6-9(3)14(22-17(27)13(20)11(5)25)18(28)21-12(8-24)16(26)23-15(19(29)30)10(4)7-2/h9-15,24-25H,6-8,20H2,1-5H3,(H,21,28)(H,22,27)(H,23,26)(H,29,30). The molecular weight excluding hydrogens is 396 g/mol. The molecule has 0 aliphatic heterocycles. The predicted molar refractivity (Wildman–Crippen MR) is 109 cm³/mol. The quantitative estimate of drug-likeness (QED) is 0.179. The lowest BCUT2D eigenvalue weighted by Crippen LogP contribution is -2.60. The van der Waals surface area contributed by atoms with Crippen molar-refractivity contribution in [2.24, 2.45) is 17.6 Å². The largest absolute Gasteiger partial charge is 0.480 e. The normalized spacial score (nSPS) is 18.1. The molecule has 7 unspecified atom stereocenters. The maximum Gasteiger partial charge on any atom is 0.326 e. The van der Waals surface area contributed by atoms with Gasteiger partial charge in [-0.1, -0.05) is 40.5 Å². The zero-order chi connectivity index (χ0) is 23.6. The summed E-state index contributed by atoms with van der Waals surface area (Å²) in [5.74, 6) is -4.26. The van der Waals surface area contributed by atoms with Gasteiger partial charge in [-0.05, 0) is 18.8 Å². The van der Waals surface area contributed by atoms with E-state index in [1.54, 1.807) is 27.7 Å². The number of hydrogen-bond donors (Lipinski definition) is 7. The number of carboxylic acids is 1. The van der Waals surface area contributed by atoms with Gasteiger partial charge < -0.3 is 37.0 Å². The van der Waals surface area contributed by atoms with E-state index in [1.807, 2.05) is 0 Å². The summed E-state index contributed by atoms with van der Waals surface area (Å²) >= 11 is 0. The summed E-state index contributed by atoms with van der Waals surface area (Å²) in [4.78, 5) is 48.7. The highest BCUT2D eigenvalue weighted by molar-refractivity contribution is 5.94. The van der Waals surface area contributed by atoms with Gasteiger partial charge in [-0.15, -0.1) is 0 Å². The van der Waals surface area contributed by atoms with Crippen LogP contribution in [0.25, 0.3) is 0 Å². The van der Waals surface area contributed by atoms with E-state index in [9.17, 15) is 34.5 Å². The van der Waals surface area contributed by atoms with Crippen LogP contribution in [0, 0.1) is 11.8 Å². The smallest absolute Gasteiger partial charge is 0.326 e. The first-order valence-electron chi connectivity index (χ1n) is 10.1. The van der Waals surface area contributed by atoms with Crippen LogP contribution in [0.2, 0.25) is 0 Å². The lowest BCUT2D eigenvalue weighted by Gasteiger charge is -2.28. The van der Waals surface area contributed by atoms with E-state index in [0.717, 1.165) is 0 Å². The Bertz CT molecular complexity index is 599. The molecule has 7 atom stereocenters. The van der Waals surface area contributed by atoms with Gasteiger partial charge >= 0.3 is 5.97 Å². The molecule has 0 fully saturated rings. The molecule has 0 radical (unpaired) electrons. The van der Waals surface area contributed by atoms with Gasteiger partial charge in [-0.25, -0.2) is 4.79 Å². The van der Waals surface area contributed by atoms with E-state index >= 15 is 0 Å². The SMILES string of the molecule is CCC(C)C(NC(=O)C(CO)NC(=O)C(NC(=O)C(N)C(C)O)C(C)CC)C(=O)O. The number of hydrogen-bond acceptors (Lipinski definition) is 7. The van der Waals surface area contributed by atoms with Gasteiger partial charge in [0.15, 0.2) is 0 Å². The molecule has 0 spiro atoms. The molecule has 3 amide bonds. The van der Waals surface area contributed by atoms with Gasteiger partial charge in [0.1, 0.15) is 24.2 Å². The number of carboxylic acid groups (broad SMARTS) is 1. The molecule has 11 nitrogen and oxygen atoms in total. The van der Waals surface area contributed by atoms with E-state index in [0.29, 0.717) is 12.8 Å². The van der Waals surface area contributed by atoms with Gasteiger partial charge in [-0.3, -0.25) is 14.4 Å². The molecule has 0 heterocycles. The summed E-state index contributed by atoms with van der Waals surface area (Å²) in [6.07, 6.45) is -0.123. The van der Waals surface area contributed by atoms with Crippen LogP contribution in [-0.2, 0) is 19.2 Å². The number of nitrogens with one attached hydrogen (secondary N) is 3. The molecule has 0 saturated carbocycles. The van der Waals surface area contributed by atoms with Gasteiger partial charge in [-0.2, -0.15) is 0 Å². The minimum absolute atomic E-state index is 0.343. The predicted octanol–water partition coefficient (Wildman–Crippen LogP) is -1.68. The molecule has 11 heteroatoms. The third-order valence-corrected chi connectivity index (χ3v) is 5.21. The minimum atomic E-state index is -1.41. The average molecular weight is 433 g/mol. The zero-order valence-electron chi connectivity index (χ0n) is 18.2. The van der Waals surface area contributed by atoms with Crippen LogP contribution >= 0.6 is 0 Å². The van der Waals surface area contributed by atoms with Crippen molar-refractivity contribution in [2.45, 2.75) is 77.7 Å². The van der Waals surface area contributed by atoms with E-state index < -0.39 is 60.6 Å². The maximum atomic E-state index is 12.7. The Balaban J connectivity index is 5.35. The number of carbonyl (C=O) groups is 4. The Morgan fingerprint density at radius 2 is 1.30 bits per heavy atom. The van der Waals surface area contributed by atoms with Crippen molar-refractivity contribution >= 4 is 23.7 Å². The van der Waals surface area contributed by atoms with Crippen LogP contribution in [0.5, 0.6) is 0 Å². The Morgan fingerprint density at radius 3 is 1.70 bits per heavy atom. The molecule has 0 aromatic heterocycles. The summed E-state index contributed by atoms with van der Waals surface area (Å²) in [7, 11) is 0. The fourth-order valence-electron chi connectivity index (χ4n) is 2.56. The average Bonchev–Trinajstić information content (AvgIpc) is 2.71. The van der Waals surface area contributed by atoms with Crippen molar-refractivity contribution in [2.75, 3.05) is 6.61 Å². The van der Waals surface area contributed by atoms with Crippen molar-refractivity contribution in [3.63, 3.8) is 0 Å². The van der Waals surface area contributed by atoms with Gasteiger partial charge in [0.2, 0.25) is 17.7 Å². The zero-order valence-corrected chi connectivity index (χ0v) is 18.2. The molecule has 0 aliphatic rings. The van der Waals surface area contributed by atoms with Crippen molar-refractivity contribution in [1.29, 1.82) is 0 Å². The summed E-state index contributed by atoms with van der Waals surface area (Å²) in [6, 6.07) is -4.90. The maximum absolute atomic E-state index is 12.7. The molecule has 0 aliphatic carbocycles. The molecule has 8 N–H and O–H groups in total. The summed E-state index contributed by atoms with van der Waals surface area (Å²) < 4.78 is 0. The third kappa shape index (κ3) is 8.25. The first-order chi connectivity index (χ1) is 13.9.